The van der Waals surface area contributed by atoms with Crippen LogP contribution in [-0.2, 0) is 14.8 Å². The summed E-state index contributed by atoms with van der Waals surface area (Å²) in [6, 6.07) is 5.63. The van der Waals surface area contributed by atoms with E-state index in [4.69, 9.17) is 5.73 Å². The molecule has 232 valence electrons. The zero-order valence-corrected chi connectivity index (χ0v) is 25.0. The van der Waals surface area contributed by atoms with Crippen LogP contribution < -0.4 is 16.0 Å². The lowest BCUT2D eigenvalue weighted by Crippen LogP contribution is -2.47. The largest absolute Gasteiger partial charge is 0.449 e. The van der Waals surface area contributed by atoms with E-state index < -0.39 is 27.9 Å². The Morgan fingerprint density at radius 1 is 1.21 bits per heavy atom. The number of hydrogen-bond donors (Lipinski definition) is 3. The first-order valence-corrected chi connectivity index (χ1v) is 16.0. The number of amides is 2. The van der Waals surface area contributed by atoms with Gasteiger partial charge in [0.2, 0.25) is 15.8 Å². The summed E-state index contributed by atoms with van der Waals surface area (Å²) in [5.74, 6) is -2.44. The minimum atomic E-state index is -4.64. The first-order chi connectivity index (χ1) is 20.1. The van der Waals surface area contributed by atoms with Gasteiger partial charge in [-0.15, -0.1) is 11.3 Å². The number of fused-ring (bicyclic) bond motifs is 1. The van der Waals surface area contributed by atoms with Gasteiger partial charge in [0, 0.05) is 67.5 Å². The molecule has 1 fully saturated rings. The van der Waals surface area contributed by atoms with Gasteiger partial charge in [0.25, 0.3) is 11.8 Å². The smallest absolute Gasteiger partial charge is 0.369 e. The summed E-state index contributed by atoms with van der Waals surface area (Å²) >= 11 is 1.31. The molecule has 0 saturated carbocycles. The molecule has 4 heterocycles. The van der Waals surface area contributed by atoms with Crippen LogP contribution in [-0.4, -0.2) is 84.9 Å². The molecular weight excluding hydrogens is 609 g/mol. The SMILES string of the molecule is CC(=O)C(F)(F)F.CS(=O)(=O)N1CC=C(c2cc3c(N4CCC[C@@H](NC(=O)c5nccs5)C4)ccc(C(N)=O)c3[nH]2)CC1. The average Bonchev–Trinajstić information content (AvgIpc) is 3.63. The Hall–Kier alpha value is -3.76. The van der Waals surface area contributed by atoms with Gasteiger partial charge in [-0.05, 0) is 43.0 Å². The number of hydrogen-bond acceptors (Lipinski definition) is 8. The van der Waals surface area contributed by atoms with Crippen LogP contribution in [0.5, 0.6) is 0 Å². The zero-order chi connectivity index (χ0) is 31.5. The molecule has 0 bridgehead atoms. The molecule has 5 rings (SSSR count). The van der Waals surface area contributed by atoms with Crippen molar-refractivity contribution in [1.29, 1.82) is 0 Å². The predicted molar refractivity (Wildman–Crippen MR) is 157 cm³/mol. The molecule has 1 saturated heterocycles. The van der Waals surface area contributed by atoms with Crippen LogP contribution >= 0.6 is 11.3 Å². The van der Waals surface area contributed by atoms with Gasteiger partial charge in [-0.2, -0.15) is 17.5 Å². The van der Waals surface area contributed by atoms with Crippen molar-refractivity contribution in [2.75, 3.05) is 37.3 Å². The highest BCUT2D eigenvalue weighted by molar-refractivity contribution is 7.88. The van der Waals surface area contributed by atoms with Crippen LogP contribution in [0.1, 0.15) is 52.0 Å². The van der Waals surface area contributed by atoms with Gasteiger partial charge < -0.3 is 20.9 Å². The molecule has 11 nitrogen and oxygen atoms in total. The maximum absolute atomic E-state index is 12.5. The Balaban J connectivity index is 0.000000541. The number of aromatic amines is 1. The number of halogens is 3. The molecule has 0 radical (unpaired) electrons. The second-order valence-electron chi connectivity index (χ2n) is 10.2. The summed E-state index contributed by atoms with van der Waals surface area (Å²) in [7, 11) is -3.25. The summed E-state index contributed by atoms with van der Waals surface area (Å²) < 4.78 is 57.7. The van der Waals surface area contributed by atoms with Gasteiger partial charge in [-0.1, -0.05) is 6.08 Å². The maximum atomic E-state index is 12.5. The van der Waals surface area contributed by atoms with E-state index in [1.165, 1.54) is 21.9 Å². The zero-order valence-electron chi connectivity index (χ0n) is 23.4. The fraction of sp³-hybridized carbons (Fsp3) is 0.407. The van der Waals surface area contributed by atoms with Crippen molar-refractivity contribution in [1.82, 2.24) is 19.6 Å². The van der Waals surface area contributed by atoms with Crippen molar-refractivity contribution in [2.45, 2.75) is 38.4 Å². The van der Waals surface area contributed by atoms with Crippen LogP contribution in [0.15, 0.2) is 35.9 Å². The predicted octanol–water partition coefficient (Wildman–Crippen LogP) is 3.31. The molecule has 2 aliphatic heterocycles. The summed E-state index contributed by atoms with van der Waals surface area (Å²) in [6.07, 6.45) is 2.45. The Bertz CT molecular complexity index is 1650. The van der Waals surface area contributed by atoms with Crippen molar-refractivity contribution in [3.05, 3.63) is 52.1 Å². The number of Topliss-reactive ketones (excluding diaryl/α,β-unsaturated/α-hetero) is 1. The first kappa shape index (κ1) is 32.2. The van der Waals surface area contributed by atoms with E-state index in [1.54, 1.807) is 17.6 Å². The molecule has 1 atom stereocenters. The normalized spacial score (nSPS) is 18.0. The van der Waals surface area contributed by atoms with Crippen molar-refractivity contribution in [2.24, 2.45) is 5.73 Å². The molecule has 1 aromatic carbocycles. The van der Waals surface area contributed by atoms with E-state index in [9.17, 15) is 36.0 Å². The Morgan fingerprint density at radius 2 is 1.93 bits per heavy atom. The number of alkyl halides is 3. The van der Waals surface area contributed by atoms with Gasteiger partial charge in [0.15, 0.2) is 5.01 Å². The van der Waals surface area contributed by atoms with E-state index in [0.717, 1.165) is 41.7 Å². The minimum absolute atomic E-state index is 0.0255. The van der Waals surface area contributed by atoms with Gasteiger partial charge in [0.1, 0.15) is 0 Å². The van der Waals surface area contributed by atoms with Crippen molar-refractivity contribution >= 4 is 61.1 Å². The third-order valence-electron chi connectivity index (χ3n) is 7.15. The summed E-state index contributed by atoms with van der Waals surface area (Å²) in [5, 5.41) is 6.20. The number of piperidine rings is 1. The van der Waals surface area contributed by atoms with E-state index in [1.807, 2.05) is 18.2 Å². The second-order valence-corrected chi connectivity index (χ2v) is 13.1. The van der Waals surface area contributed by atoms with Gasteiger partial charge in [-0.25, -0.2) is 13.4 Å². The Morgan fingerprint density at radius 3 is 2.49 bits per heavy atom. The fourth-order valence-corrected chi connectivity index (χ4v) is 6.26. The van der Waals surface area contributed by atoms with Crippen molar-refractivity contribution in [3.63, 3.8) is 0 Å². The van der Waals surface area contributed by atoms with Crippen LogP contribution in [0, 0.1) is 0 Å². The molecule has 3 aromatic rings. The highest BCUT2D eigenvalue weighted by atomic mass is 32.2. The lowest BCUT2D eigenvalue weighted by atomic mass is 10.0. The number of primary amides is 1. The van der Waals surface area contributed by atoms with Crippen molar-refractivity contribution < 1.29 is 36.0 Å². The molecule has 2 aromatic heterocycles. The first-order valence-electron chi connectivity index (χ1n) is 13.3. The number of rotatable bonds is 6. The number of thiazole rings is 1. The van der Waals surface area contributed by atoms with Gasteiger partial charge >= 0.3 is 6.18 Å². The number of ketones is 1. The summed E-state index contributed by atoms with van der Waals surface area (Å²) in [6.45, 7) is 2.66. The average molecular weight is 641 g/mol. The standard InChI is InChI=1S/C24H28N6O4S2.C3H3F3O/c1-36(33,34)30-10-6-15(7-11-30)19-13-18-20(5-4-17(22(25)31)21(18)28-19)29-9-2-3-16(14-29)27-23(32)24-26-8-12-35-24;1-2(7)3(4,5)6/h4-6,8,12-13,16,28H,2-3,7,9-11,14H2,1H3,(H2,25,31)(H,27,32);1H3/t16-;/m1./s1. The highest BCUT2D eigenvalue weighted by Crippen LogP contribution is 2.35. The number of carbonyl (C=O) groups is 3. The second kappa shape index (κ2) is 12.9. The number of benzene rings is 1. The number of sulfonamides is 1. The number of H-pyrrole nitrogens is 1. The number of nitrogens with two attached hydrogens (primary N) is 1. The molecule has 16 heteroatoms. The number of nitrogens with one attached hydrogen (secondary N) is 2. The lowest BCUT2D eigenvalue weighted by molar-refractivity contribution is -0.168. The van der Waals surface area contributed by atoms with E-state index in [-0.39, 0.29) is 11.9 Å². The minimum Gasteiger partial charge on any atom is -0.369 e. The number of aromatic nitrogens is 2. The molecular formula is C27H31F3N6O5S2. The summed E-state index contributed by atoms with van der Waals surface area (Å²) in [4.78, 5) is 43.7. The number of anilines is 1. The number of carbonyl (C=O) groups excluding carboxylic acids is 3. The van der Waals surface area contributed by atoms with E-state index in [2.05, 4.69) is 20.2 Å². The Kier molecular flexibility index (Phi) is 9.61. The molecule has 43 heavy (non-hydrogen) atoms. The molecule has 2 aliphatic rings. The molecule has 2 amide bonds. The molecule has 4 N–H and O–H groups in total. The Labute approximate surface area is 250 Å². The monoisotopic (exact) mass is 640 g/mol. The van der Waals surface area contributed by atoms with Crippen LogP contribution in [0.3, 0.4) is 0 Å². The number of nitrogens with zero attached hydrogens (tertiary/aromatic N) is 3. The van der Waals surface area contributed by atoms with Crippen molar-refractivity contribution in [3.8, 4) is 0 Å². The van der Waals surface area contributed by atoms with E-state index in [0.29, 0.717) is 49.1 Å². The van der Waals surface area contributed by atoms with Gasteiger partial charge in [-0.3, -0.25) is 14.4 Å². The van der Waals surface area contributed by atoms with Gasteiger partial charge in [0.05, 0.1) is 17.3 Å². The maximum Gasteiger partial charge on any atom is 0.449 e. The van der Waals surface area contributed by atoms with Crippen LogP contribution in [0.4, 0.5) is 18.9 Å². The third-order valence-corrected chi connectivity index (χ3v) is 9.19. The quantitative estimate of drug-likeness (QED) is 0.373. The van der Waals surface area contributed by atoms with E-state index >= 15 is 0 Å². The highest BCUT2D eigenvalue weighted by Gasteiger charge is 2.33. The van der Waals surface area contributed by atoms with Crippen LogP contribution in [0.25, 0.3) is 16.5 Å². The molecule has 0 spiro atoms. The fourth-order valence-electron chi connectivity index (χ4n) is 4.95. The topological polar surface area (TPSA) is 159 Å². The lowest BCUT2D eigenvalue weighted by Gasteiger charge is -2.35. The third kappa shape index (κ3) is 7.80. The molecule has 0 aliphatic carbocycles. The molecule has 0 unspecified atom stereocenters. The summed E-state index contributed by atoms with van der Waals surface area (Å²) in [5.41, 5.74) is 9.54. The van der Waals surface area contributed by atoms with Crippen LogP contribution in [0.2, 0.25) is 0 Å².